The van der Waals surface area contributed by atoms with Crippen LogP contribution in [0.25, 0.3) is 21.5 Å². The van der Waals surface area contributed by atoms with Crippen LogP contribution in [0.5, 0.6) is 11.5 Å². The first-order chi connectivity index (χ1) is 10.6. The highest BCUT2D eigenvalue weighted by molar-refractivity contribution is 6.12. The Kier molecular flexibility index (Phi) is 3.55. The van der Waals surface area contributed by atoms with Crippen molar-refractivity contribution in [3.8, 4) is 11.5 Å². The third-order valence-electron chi connectivity index (χ3n) is 3.58. The van der Waals surface area contributed by atoms with Gasteiger partial charge in [0.05, 0.1) is 7.11 Å². The zero-order valence-electron chi connectivity index (χ0n) is 12.6. The lowest BCUT2D eigenvalue weighted by atomic mass is 10.0. The number of ether oxygens (including phenoxy) is 2. The molecule has 0 spiro atoms. The molecule has 0 aliphatic rings. The summed E-state index contributed by atoms with van der Waals surface area (Å²) in [6.45, 7) is 5.28. The van der Waals surface area contributed by atoms with Gasteiger partial charge in [0, 0.05) is 27.1 Å². The number of carbonyl (C=O) groups excluding carboxylic acids is 1. The highest BCUT2D eigenvalue weighted by Crippen LogP contribution is 2.42. The smallest absolute Gasteiger partial charge is 0.338 e. The highest BCUT2D eigenvalue weighted by atomic mass is 16.5. The van der Waals surface area contributed by atoms with Crippen LogP contribution >= 0.6 is 0 Å². The summed E-state index contributed by atoms with van der Waals surface area (Å²) in [4.78, 5) is 12.0. The fourth-order valence-electron chi connectivity index (χ4n) is 2.56. The number of hydrogen-bond donors (Lipinski definition) is 0. The van der Waals surface area contributed by atoms with Gasteiger partial charge in [0.2, 0.25) is 0 Å². The monoisotopic (exact) mass is 292 g/mol. The quantitative estimate of drug-likeness (QED) is 0.309. The van der Waals surface area contributed by atoms with Crippen LogP contribution in [-0.4, -0.2) is 13.1 Å². The van der Waals surface area contributed by atoms with Crippen LogP contribution < -0.4 is 9.47 Å². The fraction of sp³-hybridized carbons (Fsp3) is 0.105. The molecule has 3 aromatic carbocycles. The number of carbonyl (C=O) groups is 1. The van der Waals surface area contributed by atoms with E-state index >= 15 is 0 Å². The minimum absolute atomic E-state index is 0.365. The summed E-state index contributed by atoms with van der Waals surface area (Å²) in [6.07, 6.45) is 0. The van der Waals surface area contributed by atoms with Crippen molar-refractivity contribution in [2.75, 3.05) is 7.11 Å². The van der Waals surface area contributed by atoms with Crippen molar-refractivity contribution in [2.45, 2.75) is 6.92 Å². The van der Waals surface area contributed by atoms with Crippen molar-refractivity contribution < 1.29 is 14.3 Å². The summed E-state index contributed by atoms with van der Waals surface area (Å²) in [7, 11) is 1.65. The van der Waals surface area contributed by atoms with Crippen LogP contribution in [-0.2, 0) is 4.79 Å². The molecule has 0 radical (unpaired) electrons. The standard InChI is InChI=1S/C19H16O3/c1-12(2)19(20)22-18-15-10-6-4-8-13(15)17(21-3)14-9-5-7-11-16(14)18/h4-11H,1H2,2-3H3. The van der Waals surface area contributed by atoms with Crippen molar-refractivity contribution in [2.24, 2.45) is 0 Å². The molecule has 22 heavy (non-hydrogen) atoms. The molecule has 3 nitrogen and oxygen atoms in total. The summed E-state index contributed by atoms with van der Waals surface area (Å²) >= 11 is 0. The van der Waals surface area contributed by atoms with Gasteiger partial charge in [0.1, 0.15) is 11.5 Å². The van der Waals surface area contributed by atoms with E-state index in [2.05, 4.69) is 6.58 Å². The first-order valence-electron chi connectivity index (χ1n) is 6.98. The van der Waals surface area contributed by atoms with E-state index in [0.29, 0.717) is 11.3 Å². The first-order valence-corrected chi connectivity index (χ1v) is 6.98. The topological polar surface area (TPSA) is 35.5 Å². The lowest BCUT2D eigenvalue weighted by Crippen LogP contribution is -2.09. The van der Waals surface area contributed by atoms with E-state index < -0.39 is 5.97 Å². The number of fused-ring (bicyclic) bond motifs is 2. The van der Waals surface area contributed by atoms with Gasteiger partial charge in [-0.05, 0) is 6.92 Å². The molecule has 0 aliphatic heterocycles. The van der Waals surface area contributed by atoms with Crippen molar-refractivity contribution in [3.63, 3.8) is 0 Å². The number of esters is 1. The summed E-state index contributed by atoms with van der Waals surface area (Å²) in [5, 5.41) is 3.50. The zero-order valence-corrected chi connectivity index (χ0v) is 12.6. The van der Waals surface area contributed by atoms with Gasteiger partial charge >= 0.3 is 5.97 Å². The van der Waals surface area contributed by atoms with Gasteiger partial charge in [-0.15, -0.1) is 0 Å². The summed E-state index contributed by atoms with van der Waals surface area (Å²) in [5.74, 6) is 0.891. The molecule has 3 aromatic rings. The SMILES string of the molecule is C=C(C)C(=O)Oc1c2ccccc2c(OC)c2ccccc12. The summed E-state index contributed by atoms with van der Waals surface area (Å²) in [5.41, 5.74) is 0.365. The van der Waals surface area contributed by atoms with Crippen LogP contribution in [0.3, 0.4) is 0 Å². The molecular formula is C19H16O3. The van der Waals surface area contributed by atoms with E-state index in [-0.39, 0.29) is 0 Å². The van der Waals surface area contributed by atoms with Crippen LogP contribution in [0.15, 0.2) is 60.7 Å². The summed E-state index contributed by atoms with van der Waals surface area (Å²) < 4.78 is 11.2. The minimum atomic E-state index is -0.430. The molecule has 3 heteroatoms. The average Bonchev–Trinajstić information content (AvgIpc) is 2.54. The second-order valence-corrected chi connectivity index (χ2v) is 5.12. The molecule has 0 bridgehead atoms. The molecule has 0 aliphatic carbocycles. The van der Waals surface area contributed by atoms with Gasteiger partial charge in [0.15, 0.2) is 0 Å². The molecule has 3 rings (SSSR count). The average molecular weight is 292 g/mol. The Bertz CT molecular complexity index is 837. The number of rotatable bonds is 3. The molecule has 0 saturated heterocycles. The molecule has 0 aromatic heterocycles. The molecule has 0 unspecified atom stereocenters. The number of benzene rings is 3. The summed E-state index contributed by atoms with van der Waals surface area (Å²) in [6, 6.07) is 15.4. The van der Waals surface area contributed by atoms with Crippen LogP contribution in [0.2, 0.25) is 0 Å². The maximum Gasteiger partial charge on any atom is 0.338 e. The Morgan fingerprint density at radius 1 is 0.864 bits per heavy atom. The van der Waals surface area contributed by atoms with Crippen molar-refractivity contribution >= 4 is 27.5 Å². The molecule has 0 atom stereocenters. The third-order valence-corrected chi connectivity index (χ3v) is 3.58. The van der Waals surface area contributed by atoms with Crippen LogP contribution in [0.4, 0.5) is 0 Å². The normalized spacial score (nSPS) is 10.6. The van der Waals surface area contributed by atoms with Gasteiger partial charge in [0.25, 0.3) is 0 Å². The van der Waals surface area contributed by atoms with E-state index in [1.54, 1.807) is 14.0 Å². The predicted molar refractivity (Wildman–Crippen MR) is 88.5 cm³/mol. The Hall–Kier alpha value is -2.81. The maximum absolute atomic E-state index is 12.0. The molecule has 110 valence electrons. The second-order valence-electron chi connectivity index (χ2n) is 5.12. The molecule has 0 N–H and O–H groups in total. The molecule has 0 amide bonds. The highest BCUT2D eigenvalue weighted by Gasteiger charge is 2.17. The van der Waals surface area contributed by atoms with Crippen LogP contribution in [0.1, 0.15) is 6.92 Å². The Balaban J connectivity index is 2.41. The largest absolute Gasteiger partial charge is 0.495 e. The van der Waals surface area contributed by atoms with E-state index in [1.165, 1.54) is 0 Å². The molecular weight excluding hydrogens is 276 g/mol. The van der Waals surface area contributed by atoms with E-state index in [9.17, 15) is 4.79 Å². The van der Waals surface area contributed by atoms with Gasteiger partial charge in [-0.25, -0.2) is 4.79 Å². The Labute approximate surface area is 128 Å². The Morgan fingerprint density at radius 2 is 1.27 bits per heavy atom. The van der Waals surface area contributed by atoms with Gasteiger partial charge in [-0.2, -0.15) is 0 Å². The third kappa shape index (κ3) is 2.21. The predicted octanol–water partition coefficient (Wildman–Crippen LogP) is 4.48. The molecule has 0 fully saturated rings. The first kappa shape index (κ1) is 14.1. The lowest BCUT2D eigenvalue weighted by Gasteiger charge is -2.15. The Morgan fingerprint density at radius 3 is 1.64 bits per heavy atom. The molecule has 0 heterocycles. The van der Waals surface area contributed by atoms with Gasteiger partial charge in [-0.3, -0.25) is 0 Å². The minimum Gasteiger partial charge on any atom is -0.495 e. The van der Waals surface area contributed by atoms with E-state index in [0.717, 1.165) is 27.3 Å². The molecule has 0 saturated carbocycles. The number of methoxy groups -OCH3 is 1. The van der Waals surface area contributed by atoms with Crippen LogP contribution in [0, 0.1) is 0 Å². The van der Waals surface area contributed by atoms with Crippen molar-refractivity contribution in [3.05, 3.63) is 60.7 Å². The van der Waals surface area contributed by atoms with Crippen molar-refractivity contribution in [1.82, 2.24) is 0 Å². The van der Waals surface area contributed by atoms with Gasteiger partial charge in [-0.1, -0.05) is 55.1 Å². The zero-order chi connectivity index (χ0) is 15.7. The van der Waals surface area contributed by atoms with E-state index in [4.69, 9.17) is 9.47 Å². The van der Waals surface area contributed by atoms with Gasteiger partial charge < -0.3 is 9.47 Å². The number of hydrogen-bond acceptors (Lipinski definition) is 3. The fourth-order valence-corrected chi connectivity index (χ4v) is 2.56. The lowest BCUT2D eigenvalue weighted by molar-refractivity contribution is -0.129. The maximum atomic E-state index is 12.0. The van der Waals surface area contributed by atoms with Crippen molar-refractivity contribution in [1.29, 1.82) is 0 Å². The van der Waals surface area contributed by atoms with E-state index in [1.807, 2.05) is 48.5 Å². The second kappa shape index (κ2) is 5.53.